The molecule has 0 bridgehead atoms. The fraction of sp³-hybridized carbons (Fsp3) is 0.308. The largest absolute Gasteiger partial charge is 0.425 e. The van der Waals surface area contributed by atoms with Gasteiger partial charge >= 0.3 is 11.7 Å². The van der Waals surface area contributed by atoms with E-state index in [9.17, 15) is 14.4 Å². The summed E-state index contributed by atoms with van der Waals surface area (Å²) >= 11 is 0. The molecule has 1 saturated carbocycles. The Kier molecular flexibility index (Phi) is 5.76. The smallest absolute Gasteiger partial charge is 0.332 e. The van der Waals surface area contributed by atoms with Gasteiger partial charge in [0.25, 0.3) is 11.5 Å². The van der Waals surface area contributed by atoms with Crippen LogP contribution in [0.3, 0.4) is 0 Å². The van der Waals surface area contributed by atoms with Gasteiger partial charge in [0.05, 0.1) is 6.54 Å². The van der Waals surface area contributed by atoms with Crippen LogP contribution in [0.5, 0.6) is 11.8 Å². The van der Waals surface area contributed by atoms with E-state index in [4.69, 9.17) is 4.74 Å². The molecule has 180 valence electrons. The molecule has 0 atom stereocenters. The van der Waals surface area contributed by atoms with Gasteiger partial charge in [-0.15, -0.1) is 0 Å². The molecule has 4 aromatic rings. The highest BCUT2D eigenvalue weighted by Gasteiger charge is 2.22. The Morgan fingerprint density at radius 1 is 1.09 bits per heavy atom. The van der Waals surface area contributed by atoms with Gasteiger partial charge in [-0.2, -0.15) is 4.98 Å². The number of nitrogens with zero attached hydrogens (tertiary/aromatic N) is 4. The number of carbonyl (C=O) groups excluding carboxylic acids is 1. The van der Waals surface area contributed by atoms with Crippen LogP contribution in [0.1, 0.15) is 40.7 Å². The van der Waals surface area contributed by atoms with Gasteiger partial charge in [0.15, 0.2) is 11.2 Å². The van der Waals surface area contributed by atoms with Gasteiger partial charge < -0.3 is 10.1 Å². The van der Waals surface area contributed by atoms with E-state index in [1.165, 1.54) is 11.6 Å². The normalized spacial score (nSPS) is 13.6. The molecule has 0 unspecified atom stereocenters. The van der Waals surface area contributed by atoms with E-state index in [2.05, 4.69) is 10.3 Å². The Morgan fingerprint density at radius 3 is 2.49 bits per heavy atom. The predicted octanol–water partition coefficient (Wildman–Crippen LogP) is 2.87. The van der Waals surface area contributed by atoms with Crippen LogP contribution in [0, 0.1) is 6.92 Å². The number of carbonyl (C=O) groups is 1. The molecule has 1 N–H and O–H groups in total. The molecule has 1 aliphatic rings. The van der Waals surface area contributed by atoms with E-state index in [1.807, 2.05) is 31.2 Å². The highest BCUT2D eigenvalue weighted by Crippen LogP contribution is 2.26. The quantitative estimate of drug-likeness (QED) is 0.464. The van der Waals surface area contributed by atoms with Gasteiger partial charge in [0, 0.05) is 25.7 Å². The van der Waals surface area contributed by atoms with Crippen LogP contribution in [0.25, 0.3) is 11.2 Å². The lowest BCUT2D eigenvalue weighted by Gasteiger charge is -2.26. The number of amides is 1. The fourth-order valence-corrected chi connectivity index (χ4v) is 4.25. The molecule has 1 aliphatic carbocycles. The molecule has 2 aromatic heterocycles. The second-order valence-corrected chi connectivity index (χ2v) is 9.08. The lowest BCUT2D eigenvalue weighted by Crippen LogP contribution is -2.39. The van der Waals surface area contributed by atoms with Crippen molar-refractivity contribution in [3.8, 4) is 11.8 Å². The number of imidazole rings is 1. The summed E-state index contributed by atoms with van der Waals surface area (Å²) in [6, 6.07) is 15.2. The van der Waals surface area contributed by atoms with Crippen LogP contribution < -0.4 is 21.3 Å². The number of hydrogen-bond donors (Lipinski definition) is 1. The van der Waals surface area contributed by atoms with E-state index in [0.717, 1.165) is 35.0 Å². The van der Waals surface area contributed by atoms with Crippen molar-refractivity contribution in [2.45, 2.75) is 38.8 Å². The summed E-state index contributed by atoms with van der Waals surface area (Å²) in [7, 11) is 3.02. The summed E-state index contributed by atoms with van der Waals surface area (Å²) in [6.45, 7) is 2.33. The monoisotopic (exact) mass is 473 g/mol. The maximum absolute atomic E-state index is 13.1. The molecular weight excluding hydrogens is 446 g/mol. The summed E-state index contributed by atoms with van der Waals surface area (Å²) in [4.78, 5) is 42.5. The Balaban J connectivity index is 1.53. The van der Waals surface area contributed by atoms with E-state index < -0.39 is 11.2 Å². The maximum atomic E-state index is 13.1. The molecule has 0 spiro atoms. The van der Waals surface area contributed by atoms with E-state index >= 15 is 0 Å². The average Bonchev–Trinajstić information content (AvgIpc) is 3.17. The number of aryl methyl sites for hydroxylation is 2. The van der Waals surface area contributed by atoms with Gasteiger partial charge in [-0.25, -0.2) is 4.79 Å². The molecule has 9 heteroatoms. The highest BCUT2D eigenvalue weighted by atomic mass is 16.5. The first-order valence-electron chi connectivity index (χ1n) is 11.6. The van der Waals surface area contributed by atoms with Gasteiger partial charge in [-0.05, 0) is 56.0 Å². The van der Waals surface area contributed by atoms with Gasteiger partial charge in [0.2, 0.25) is 0 Å². The van der Waals surface area contributed by atoms with Crippen molar-refractivity contribution in [3.63, 3.8) is 0 Å². The zero-order chi connectivity index (χ0) is 24.7. The number of hydrogen-bond acceptors (Lipinski definition) is 5. The van der Waals surface area contributed by atoms with Crippen molar-refractivity contribution >= 4 is 17.1 Å². The number of rotatable bonds is 6. The predicted molar refractivity (Wildman–Crippen MR) is 132 cm³/mol. The van der Waals surface area contributed by atoms with Gasteiger partial charge in [-0.1, -0.05) is 29.8 Å². The maximum Gasteiger partial charge on any atom is 0.332 e. The van der Waals surface area contributed by atoms with Crippen molar-refractivity contribution in [2.75, 3.05) is 0 Å². The molecule has 35 heavy (non-hydrogen) atoms. The molecule has 1 amide bonds. The van der Waals surface area contributed by atoms with Crippen molar-refractivity contribution in [2.24, 2.45) is 14.1 Å². The fourth-order valence-electron chi connectivity index (χ4n) is 4.25. The molecule has 2 aromatic carbocycles. The van der Waals surface area contributed by atoms with E-state index in [-0.39, 0.29) is 29.1 Å². The first-order chi connectivity index (χ1) is 16.8. The minimum atomic E-state index is -0.462. The minimum absolute atomic E-state index is 0.105. The molecule has 5 rings (SSSR count). The average molecular weight is 474 g/mol. The van der Waals surface area contributed by atoms with Gasteiger partial charge in [-0.3, -0.25) is 23.3 Å². The lowest BCUT2D eigenvalue weighted by atomic mass is 9.93. The van der Waals surface area contributed by atoms with Gasteiger partial charge in [0.1, 0.15) is 5.75 Å². The third kappa shape index (κ3) is 4.25. The SMILES string of the molecule is Cc1cccc(Cn2c(Oc3ccc(C(=O)NC4CCC4)cc3)nc3c2c(=O)n(C)c(=O)n3C)c1. The number of ether oxygens (including phenoxy) is 1. The minimum Gasteiger partial charge on any atom is -0.425 e. The Bertz CT molecular complexity index is 1540. The number of nitrogens with one attached hydrogen (secondary N) is 1. The zero-order valence-electron chi connectivity index (χ0n) is 19.9. The van der Waals surface area contributed by atoms with Crippen molar-refractivity contribution in [1.29, 1.82) is 0 Å². The molecule has 0 radical (unpaired) electrons. The van der Waals surface area contributed by atoms with E-state index in [1.54, 1.807) is 35.9 Å². The molecule has 9 nitrogen and oxygen atoms in total. The van der Waals surface area contributed by atoms with E-state index in [0.29, 0.717) is 17.9 Å². The number of fused-ring (bicyclic) bond motifs is 1. The second-order valence-electron chi connectivity index (χ2n) is 9.08. The van der Waals surface area contributed by atoms with Crippen molar-refractivity contribution < 1.29 is 9.53 Å². The zero-order valence-corrected chi connectivity index (χ0v) is 19.9. The summed E-state index contributed by atoms with van der Waals surface area (Å²) < 4.78 is 10.2. The van der Waals surface area contributed by atoms with Crippen molar-refractivity contribution in [3.05, 3.63) is 86.1 Å². The van der Waals surface area contributed by atoms with Crippen LogP contribution in [-0.2, 0) is 20.6 Å². The molecule has 2 heterocycles. The van der Waals surface area contributed by atoms with Crippen LogP contribution in [-0.4, -0.2) is 30.6 Å². The summed E-state index contributed by atoms with van der Waals surface area (Å²) in [5.41, 5.74) is 2.23. The van der Waals surface area contributed by atoms with Crippen LogP contribution in [0.4, 0.5) is 0 Å². The molecule has 1 fully saturated rings. The Labute approximate surface area is 201 Å². The number of aromatic nitrogens is 4. The summed E-state index contributed by atoms with van der Waals surface area (Å²) in [5.74, 6) is 0.360. The highest BCUT2D eigenvalue weighted by molar-refractivity contribution is 5.94. The second kappa shape index (κ2) is 8.90. The first kappa shape index (κ1) is 22.6. The van der Waals surface area contributed by atoms with Crippen LogP contribution in [0.15, 0.2) is 58.1 Å². The third-order valence-corrected chi connectivity index (χ3v) is 6.50. The summed E-state index contributed by atoms with van der Waals surface area (Å²) in [6.07, 6.45) is 3.19. The molecule has 0 saturated heterocycles. The van der Waals surface area contributed by atoms with Crippen molar-refractivity contribution in [1.82, 2.24) is 24.0 Å². The summed E-state index contributed by atoms with van der Waals surface area (Å²) in [5, 5.41) is 3.02. The number of benzene rings is 2. The topological polar surface area (TPSA) is 100 Å². The first-order valence-corrected chi connectivity index (χ1v) is 11.6. The van der Waals surface area contributed by atoms with Crippen LogP contribution in [0.2, 0.25) is 0 Å². The lowest BCUT2D eigenvalue weighted by molar-refractivity contribution is 0.0917. The third-order valence-electron chi connectivity index (χ3n) is 6.50. The molecular formula is C26H27N5O4. The standard InChI is InChI=1S/C26H27N5O4/c1-16-6-4-7-17(14-16)15-31-21-22(29(2)26(34)30(3)24(21)33)28-25(31)35-20-12-10-18(11-13-20)23(32)27-19-8-5-9-19/h4,6-7,10-14,19H,5,8-9,15H2,1-3H3,(H,27,32). The Morgan fingerprint density at radius 2 is 1.83 bits per heavy atom. The molecule has 0 aliphatic heterocycles. The van der Waals surface area contributed by atoms with Crippen LogP contribution >= 0.6 is 0 Å². The Hall–Kier alpha value is -4.14.